The molecule has 0 aliphatic heterocycles. The number of aromatic nitrogens is 1. The molecule has 2 aromatic carbocycles. The van der Waals surface area contributed by atoms with Gasteiger partial charge in [-0.3, -0.25) is 4.79 Å². The molecule has 0 unspecified atom stereocenters. The molecule has 0 aliphatic carbocycles. The van der Waals surface area contributed by atoms with E-state index in [4.69, 9.17) is 4.74 Å². The number of ether oxygens (including phenoxy) is 1. The van der Waals surface area contributed by atoms with Crippen molar-refractivity contribution in [2.45, 2.75) is 26.9 Å². The number of carbonyl (C=O) groups is 2. The maximum absolute atomic E-state index is 12.5. The third kappa shape index (κ3) is 3.21. The first-order valence-electron chi connectivity index (χ1n) is 7.61. The zero-order chi connectivity index (χ0) is 17.3. The lowest BCUT2D eigenvalue weighted by Crippen LogP contribution is -2.24. The number of aryl methyl sites for hydroxylation is 2. The quantitative estimate of drug-likeness (QED) is 0.524. The summed E-state index contributed by atoms with van der Waals surface area (Å²) in [6, 6.07) is 10.7. The van der Waals surface area contributed by atoms with Gasteiger partial charge in [0.25, 0.3) is 0 Å². The molecule has 5 heteroatoms. The van der Waals surface area contributed by atoms with Gasteiger partial charge < -0.3 is 4.74 Å². The summed E-state index contributed by atoms with van der Waals surface area (Å²) >= 11 is 1.46. The van der Waals surface area contributed by atoms with E-state index >= 15 is 0 Å². The molecule has 1 atom stereocenters. The van der Waals surface area contributed by atoms with E-state index in [1.807, 2.05) is 26.0 Å². The molecule has 0 amide bonds. The molecule has 0 fully saturated rings. The summed E-state index contributed by atoms with van der Waals surface area (Å²) in [5, 5.41) is 0. The first-order chi connectivity index (χ1) is 11.5. The van der Waals surface area contributed by atoms with Crippen molar-refractivity contribution in [1.82, 2.24) is 4.98 Å². The average molecular weight is 339 g/mol. The van der Waals surface area contributed by atoms with Gasteiger partial charge in [-0.25, -0.2) is 9.78 Å². The number of Topliss-reactive ketones (excluding diaryl/α,β-unsaturated/α-hetero) is 1. The second-order valence-corrected chi connectivity index (χ2v) is 6.63. The largest absolute Gasteiger partial charge is 0.451 e. The van der Waals surface area contributed by atoms with Gasteiger partial charge in [0.1, 0.15) is 0 Å². The molecule has 122 valence electrons. The van der Waals surface area contributed by atoms with Crippen LogP contribution in [0.4, 0.5) is 0 Å². The standard InChI is InChI=1S/C19H17NO3S/c1-11-4-5-14(8-12(11)2)18(21)13(3)23-19(22)15-6-7-16-17(9-15)24-10-20-16/h4-10,13H,1-3H3/t13-/m1/s1. The Morgan fingerprint density at radius 2 is 1.79 bits per heavy atom. The van der Waals surface area contributed by atoms with E-state index in [2.05, 4.69) is 4.98 Å². The van der Waals surface area contributed by atoms with Crippen molar-refractivity contribution in [2.24, 2.45) is 0 Å². The Morgan fingerprint density at radius 3 is 2.54 bits per heavy atom. The molecular formula is C19H17NO3S. The van der Waals surface area contributed by atoms with Crippen LogP contribution >= 0.6 is 11.3 Å². The highest BCUT2D eigenvalue weighted by Gasteiger charge is 2.21. The van der Waals surface area contributed by atoms with E-state index < -0.39 is 12.1 Å². The SMILES string of the molecule is Cc1ccc(C(=O)[C@@H](C)OC(=O)c2ccc3ncsc3c2)cc1C. The van der Waals surface area contributed by atoms with Gasteiger partial charge in [-0.05, 0) is 56.2 Å². The van der Waals surface area contributed by atoms with Crippen LogP contribution in [0.1, 0.15) is 38.8 Å². The Hall–Kier alpha value is -2.53. The number of thiazole rings is 1. The topological polar surface area (TPSA) is 56.3 Å². The molecule has 3 aromatic rings. The van der Waals surface area contributed by atoms with Crippen LogP contribution in [0.15, 0.2) is 41.9 Å². The van der Waals surface area contributed by atoms with Crippen molar-refractivity contribution in [3.63, 3.8) is 0 Å². The van der Waals surface area contributed by atoms with Gasteiger partial charge in [-0.1, -0.05) is 12.1 Å². The number of hydrogen-bond acceptors (Lipinski definition) is 5. The minimum absolute atomic E-state index is 0.203. The van der Waals surface area contributed by atoms with E-state index in [0.717, 1.165) is 21.3 Å². The van der Waals surface area contributed by atoms with Crippen LogP contribution in [0.3, 0.4) is 0 Å². The molecular weight excluding hydrogens is 322 g/mol. The normalized spacial score (nSPS) is 12.1. The lowest BCUT2D eigenvalue weighted by atomic mass is 10.0. The molecule has 24 heavy (non-hydrogen) atoms. The van der Waals surface area contributed by atoms with Crippen LogP contribution in [0.2, 0.25) is 0 Å². The Labute approximate surface area is 144 Å². The highest BCUT2D eigenvalue weighted by molar-refractivity contribution is 7.16. The van der Waals surface area contributed by atoms with Crippen LogP contribution in [0.25, 0.3) is 10.2 Å². The predicted octanol–water partition coefficient (Wildman–Crippen LogP) is 4.34. The highest BCUT2D eigenvalue weighted by Crippen LogP contribution is 2.20. The Balaban J connectivity index is 1.75. The fraction of sp³-hybridized carbons (Fsp3) is 0.211. The average Bonchev–Trinajstić information content (AvgIpc) is 3.04. The Kier molecular flexibility index (Phi) is 4.44. The molecule has 0 aliphatic rings. The van der Waals surface area contributed by atoms with E-state index in [-0.39, 0.29) is 5.78 Å². The van der Waals surface area contributed by atoms with Gasteiger partial charge in [0, 0.05) is 5.56 Å². The van der Waals surface area contributed by atoms with Crippen LogP contribution in [0.5, 0.6) is 0 Å². The lowest BCUT2D eigenvalue weighted by molar-refractivity contribution is 0.0319. The monoisotopic (exact) mass is 339 g/mol. The van der Waals surface area contributed by atoms with Gasteiger partial charge in [0.2, 0.25) is 5.78 Å². The molecule has 0 radical (unpaired) electrons. The number of nitrogens with zero attached hydrogens (tertiary/aromatic N) is 1. The summed E-state index contributed by atoms with van der Waals surface area (Å²) in [7, 11) is 0. The van der Waals surface area contributed by atoms with Gasteiger partial charge in [0.15, 0.2) is 6.10 Å². The van der Waals surface area contributed by atoms with E-state index in [0.29, 0.717) is 11.1 Å². The lowest BCUT2D eigenvalue weighted by Gasteiger charge is -2.13. The third-order valence-electron chi connectivity index (χ3n) is 4.01. The van der Waals surface area contributed by atoms with Crippen LogP contribution in [-0.2, 0) is 4.74 Å². The van der Waals surface area contributed by atoms with Crippen molar-refractivity contribution in [1.29, 1.82) is 0 Å². The number of benzene rings is 2. The number of esters is 1. The maximum atomic E-state index is 12.5. The van der Waals surface area contributed by atoms with Crippen LogP contribution in [-0.4, -0.2) is 22.8 Å². The number of rotatable bonds is 4. The first-order valence-corrected chi connectivity index (χ1v) is 8.49. The number of fused-ring (bicyclic) bond motifs is 1. The molecule has 3 rings (SSSR count). The van der Waals surface area contributed by atoms with Crippen molar-refractivity contribution < 1.29 is 14.3 Å². The van der Waals surface area contributed by atoms with E-state index in [9.17, 15) is 9.59 Å². The van der Waals surface area contributed by atoms with Crippen LogP contribution < -0.4 is 0 Å². The molecule has 0 saturated carbocycles. The fourth-order valence-corrected chi connectivity index (χ4v) is 3.11. The second kappa shape index (κ2) is 6.53. The molecule has 0 saturated heterocycles. The maximum Gasteiger partial charge on any atom is 0.338 e. The number of ketones is 1. The first kappa shape index (κ1) is 16.3. The van der Waals surface area contributed by atoms with E-state index in [1.165, 1.54) is 11.3 Å². The summed E-state index contributed by atoms with van der Waals surface area (Å²) in [6.45, 7) is 5.54. The molecule has 1 aromatic heterocycles. The Bertz CT molecular complexity index is 929. The highest BCUT2D eigenvalue weighted by atomic mass is 32.1. The van der Waals surface area contributed by atoms with Crippen molar-refractivity contribution in [3.8, 4) is 0 Å². The zero-order valence-corrected chi connectivity index (χ0v) is 14.5. The molecule has 0 bridgehead atoms. The summed E-state index contributed by atoms with van der Waals surface area (Å²) in [4.78, 5) is 28.9. The predicted molar refractivity (Wildman–Crippen MR) is 94.7 cm³/mol. The van der Waals surface area contributed by atoms with Gasteiger partial charge in [-0.15, -0.1) is 11.3 Å². The molecule has 0 N–H and O–H groups in total. The molecule has 1 heterocycles. The number of hydrogen-bond donors (Lipinski definition) is 0. The van der Waals surface area contributed by atoms with Crippen molar-refractivity contribution >= 4 is 33.3 Å². The Morgan fingerprint density at radius 1 is 1.04 bits per heavy atom. The van der Waals surface area contributed by atoms with Crippen molar-refractivity contribution in [2.75, 3.05) is 0 Å². The molecule has 0 spiro atoms. The summed E-state index contributed by atoms with van der Waals surface area (Å²) in [6.07, 6.45) is -0.836. The zero-order valence-electron chi connectivity index (χ0n) is 13.7. The van der Waals surface area contributed by atoms with Crippen LogP contribution in [0, 0.1) is 13.8 Å². The third-order valence-corrected chi connectivity index (χ3v) is 4.80. The fourth-order valence-electron chi connectivity index (χ4n) is 2.39. The van der Waals surface area contributed by atoms with Crippen molar-refractivity contribution in [3.05, 3.63) is 64.2 Å². The smallest absolute Gasteiger partial charge is 0.338 e. The minimum atomic E-state index is -0.836. The number of carbonyl (C=O) groups excluding carboxylic acids is 2. The summed E-state index contributed by atoms with van der Waals surface area (Å²) in [5.74, 6) is -0.708. The van der Waals surface area contributed by atoms with E-state index in [1.54, 1.807) is 36.7 Å². The summed E-state index contributed by atoms with van der Waals surface area (Å²) < 4.78 is 6.26. The second-order valence-electron chi connectivity index (χ2n) is 5.75. The van der Waals surface area contributed by atoms with Gasteiger partial charge >= 0.3 is 5.97 Å². The van der Waals surface area contributed by atoms with Gasteiger partial charge in [0.05, 0.1) is 21.3 Å². The molecule has 4 nitrogen and oxygen atoms in total. The van der Waals surface area contributed by atoms with Gasteiger partial charge in [-0.2, -0.15) is 0 Å². The summed E-state index contributed by atoms with van der Waals surface area (Å²) in [5.41, 5.74) is 5.70. The minimum Gasteiger partial charge on any atom is -0.451 e.